The SMILES string of the molecule is COc1ccc2c(c1)CN(C(=O)CN1c3ncc(-c4ccc(F)c(C)c4)cc3OCC1O)CC2. The summed E-state index contributed by atoms with van der Waals surface area (Å²) in [6, 6.07) is 12.6. The molecule has 8 heteroatoms. The monoisotopic (exact) mass is 463 g/mol. The molecule has 0 aliphatic carbocycles. The normalized spacial score (nSPS) is 17.0. The zero-order valence-corrected chi connectivity index (χ0v) is 19.1. The van der Waals surface area contributed by atoms with Gasteiger partial charge in [0.25, 0.3) is 0 Å². The number of hydrogen-bond donors (Lipinski definition) is 1. The Labute approximate surface area is 197 Å². The lowest BCUT2D eigenvalue weighted by Crippen LogP contribution is -2.50. The Morgan fingerprint density at radius 1 is 1.21 bits per heavy atom. The molecule has 1 aromatic heterocycles. The number of nitrogens with zero attached hydrogens (tertiary/aromatic N) is 3. The Morgan fingerprint density at radius 3 is 2.85 bits per heavy atom. The number of carbonyl (C=O) groups excluding carboxylic acids is 1. The predicted molar refractivity (Wildman–Crippen MR) is 125 cm³/mol. The van der Waals surface area contributed by atoms with Gasteiger partial charge in [-0.3, -0.25) is 4.79 Å². The largest absolute Gasteiger partial charge is 0.497 e. The molecular weight excluding hydrogens is 437 g/mol. The minimum Gasteiger partial charge on any atom is -0.497 e. The van der Waals surface area contributed by atoms with Crippen LogP contribution in [0, 0.1) is 12.7 Å². The molecule has 2 aliphatic heterocycles. The van der Waals surface area contributed by atoms with Crippen molar-refractivity contribution in [3.63, 3.8) is 0 Å². The Hall–Kier alpha value is -3.65. The van der Waals surface area contributed by atoms with E-state index in [4.69, 9.17) is 9.47 Å². The zero-order valence-electron chi connectivity index (χ0n) is 19.1. The molecule has 1 N–H and O–H groups in total. The van der Waals surface area contributed by atoms with Crippen molar-refractivity contribution in [1.29, 1.82) is 0 Å². The number of benzene rings is 2. The minimum atomic E-state index is -0.986. The first-order chi connectivity index (χ1) is 16.4. The highest BCUT2D eigenvalue weighted by Gasteiger charge is 2.31. The number of fused-ring (bicyclic) bond motifs is 2. The third-order valence-electron chi connectivity index (χ3n) is 6.43. The van der Waals surface area contributed by atoms with Crippen LogP contribution < -0.4 is 14.4 Å². The summed E-state index contributed by atoms with van der Waals surface area (Å²) in [5, 5.41) is 10.6. The Balaban J connectivity index is 1.35. The number of rotatable bonds is 4. The quantitative estimate of drug-likeness (QED) is 0.640. The highest BCUT2D eigenvalue weighted by molar-refractivity contribution is 5.82. The van der Waals surface area contributed by atoms with Gasteiger partial charge in [0.05, 0.1) is 7.11 Å². The molecule has 2 aromatic carbocycles. The summed E-state index contributed by atoms with van der Waals surface area (Å²) in [5.41, 5.74) is 4.41. The standard InChI is InChI=1S/C26H26FN3O4/c1-16-9-18(4-6-22(16)27)19-11-23-26(28-12-19)30(25(32)15-34-23)14-24(31)29-8-7-17-3-5-21(33-2)10-20(17)13-29/h3-6,9-12,25,32H,7-8,13-15H2,1-2H3. The van der Waals surface area contributed by atoms with Crippen molar-refractivity contribution in [3.05, 3.63) is 71.2 Å². The van der Waals surface area contributed by atoms with Crippen molar-refractivity contribution in [2.24, 2.45) is 0 Å². The number of halogens is 1. The fourth-order valence-electron chi connectivity index (χ4n) is 4.44. The van der Waals surface area contributed by atoms with Crippen LogP contribution in [0.4, 0.5) is 10.2 Å². The first-order valence-electron chi connectivity index (χ1n) is 11.2. The molecule has 176 valence electrons. The third-order valence-corrected chi connectivity index (χ3v) is 6.43. The predicted octanol–water partition coefficient (Wildman–Crippen LogP) is 3.31. The number of pyridine rings is 1. The summed E-state index contributed by atoms with van der Waals surface area (Å²) in [5.74, 6) is 1.29. The van der Waals surface area contributed by atoms with Crippen LogP contribution in [0.1, 0.15) is 16.7 Å². The van der Waals surface area contributed by atoms with Crippen LogP contribution in [0.5, 0.6) is 11.5 Å². The fourth-order valence-corrected chi connectivity index (χ4v) is 4.44. The van der Waals surface area contributed by atoms with Gasteiger partial charge < -0.3 is 24.4 Å². The highest BCUT2D eigenvalue weighted by atomic mass is 19.1. The van der Waals surface area contributed by atoms with E-state index in [-0.39, 0.29) is 24.9 Å². The van der Waals surface area contributed by atoms with E-state index in [0.29, 0.717) is 30.2 Å². The summed E-state index contributed by atoms with van der Waals surface area (Å²) in [7, 11) is 1.63. The maximum atomic E-state index is 13.7. The van der Waals surface area contributed by atoms with Gasteiger partial charge in [0.15, 0.2) is 17.8 Å². The number of aromatic nitrogens is 1. The lowest BCUT2D eigenvalue weighted by molar-refractivity contribution is -0.131. The molecule has 0 fully saturated rings. The molecule has 0 spiro atoms. The van der Waals surface area contributed by atoms with Crippen molar-refractivity contribution in [3.8, 4) is 22.6 Å². The maximum absolute atomic E-state index is 13.7. The van der Waals surface area contributed by atoms with E-state index in [1.165, 1.54) is 11.6 Å². The first kappa shape index (κ1) is 22.2. The Bertz CT molecular complexity index is 1250. The van der Waals surface area contributed by atoms with Gasteiger partial charge >= 0.3 is 0 Å². The smallest absolute Gasteiger partial charge is 0.242 e. The molecule has 0 radical (unpaired) electrons. The van der Waals surface area contributed by atoms with Crippen molar-refractivity contribution in [1.82, 2.24) is 9.88 Å². The van der Waals surface area contributed by atoms with Crippen LogP contribution >= 0.6 is 0 Å². The molecule has 7 nitrogen and oxygen atoms in total. The number of hydrogen-bond acceptors (Lipinski definition) is 6. The molecule has 34 heavy (non-hydrogen) atoms. The van der Waals surface area contributed by atoms with Gasteiger partial charge in [-0.25, -0.2) is 9.37 Å². The van der Waals surface area contributed by atoms with Gasteiger partial charge in [0, 0.05) is 24.8 Å². The Morgan fingerprint density at radius 2 is 2.06 bits per heavy atom. The molecule has 5 rings (SSSR count). The van der Waals surface area contributed by atoms with Crippen molar-refractivity contribution in [2.75, 3.05) is 31.7 Å². The molecule has 2 aliphatic rings. The van der Waals surface area contributed by atoms with E-state index >= 15 is 0 Å². The number of carbonyl (C=O) groups is 1. The summed E-state index contributed by atoms with van der Waals surface area (Å²) < 4.78 is 24.7. The third kappa shape index (κ3) is 4.17. The number of ether oxygens (including phenoxy) is 2. The van der Waals surface area contributed by atoms with Gasteiger partial charge in [-0.05, 0) is 65.9 Å². The number of aryl methyl sites for hydroxylation is 1. The summed E-state index contributed by atoms with van der Waals surface area (Å²) in [4.78, 5) is 21.0. The van der Waals surface area contributed by atoms with Gasteiger partial charge in [-0.2, -0.15) is 0 Å². The number of aliphatic hydroxyl groups is 1. The molecule has 3 heterocycles. The van der Waals surface area contributed by atoms with E-state index in [0.717, 1.165) is 28.9 Å². The van der Waals surface area contributed by atoms with Crippen molar-refractivity contribution < 1.29 is 23.8 Å². The minimum absolute atomic E-state index is 0.0150. The second kappa shape index (κ2) is 8.95. The molecule has 0 saturated heterocycles. The summed E-state index contributed by atoms with van der Waals surface area (Å²) in [6.07, 6.45) is 1.43. The first-order valence-corrected chi connectivity index (χ1v) is 11.2. The average molecular weight is 464 g/mol. The molecule has 0 saturated carbocycles. The summed E-state index contributed by atoms with van der Waals surface area (Å²) >= 11 is 0. The second-order valence-corrected chi connectivity index (χ2v) is 8.63. The topological polar surface area (TPSA) is 75.1 Å². The fraction of sp³-hybridized carbons (Fsp3) is 0.308. The number of aliphatic hydroxyl groups excluding tert-OH is 1. The highest BCUT2D eigenvalue weighted by Crippen LogP contribution is 2.35. The number of anilines is 1. The van der Waals surface area contributed by atoms with E-state index in [1.807, 2.05) is 24.3 Å². The van der Waals surface area contributed by atoms with Crippen molar-refractivity contribution >= 4 is 11.7 Å². The van der Waals surface area contributed by atoms with E-state index in [2.05, 4.69) is 4.98 Å². The zero-order chi connectivity index (χ0) is 23.8. The van der Waals surface area contributed by atoms with E-state index in [1.54, 1.807) is 42.2 Å². The van der Waals surface area contributed by atoms with Gasteiger partial charge in [0.2, 0.25) is 5.91 Å². The lowest BCUT2D eigenvalue weighted by atomic mass is 9.99. The molecule has 1 amide bonds. The van der Waals surface area contributed by atoms with Crippen LogP contribution in [-0.2, 0) is 17.8 Å². The lowest BCUT2D eigenvalue weighted by Gasteiger charge is -2.36. The number of amides is 1. The molecule has 3 aromatic rings. The van der Waals surface area contributed by atoms with Crippen LogP contribution in [0.3, 0.4) is 0 Å². The van der Waals surface area contributed by atoms with Gasteiger partial charge in [0.1, 0.15) is 24.7 Å². The van der Waals surface area contributed by atoms with Crippen LogP contribution in [0.15, 0.2) is 48.7 Å². The molecule has 1 atom stereocenters. The second-order valence-electron chi connectivity index (χ2n) is 8.63. The van der Waals surface area contributed by atoms with Crippen LogP contribution in [-0.4, -0.2) is 53.9 Å². The van der Waals surface area contributed by atoms with E-state index in [9.17, 15) is 14.3 Å². The number of methoxy groups -OCH3 is 1. The van der Waals surface area contributed by atoms with Crippen molar-refractivity contribution in [2.45, 2.75) is 26.1 Å². The van der Waals surface area contributed by atoms with Crippen LogP contribution in [0.2, 0.25) is 0 Å². The van der Waals surface area contributed by atoms with Crippen LogP contribution in [0.25, 0.3) is 11.1 Å². The van der Waals surface area contributed by atoms with Gasteiger partial charge in [-0.1, -0.05) is 12.1 Å². The maximum Gasteiger partial charge on any atom is 0.242 e. The molecule has 1 unspecified atom stereocenters. The van der Waals surface area contributed by atoms with E-state index < -0.39 is 6.23 Å². The Kier molecular flexibility index (Phi) is 5.83. The van der Waals surface area contributed by atoms with Gasteiger partial charge in [-0.15, -0.1) is 0 Å². The summed E-state index contributed by atoms with van der Waals surface area (Å²) in [6.45, 7) is 2.82. The average Bonchev–Trinajstić information content (AvgIpc) is 2.86. The molecular formula is C26H26FN3O4. The molecule has 0 bridgehead atoms.